The summed E-state index contributed by atoms with van der Waals surface area (Å²) in [5.74, 6) is 1.32. The Balaban J connectivity index is 1.87. The van der Waals surface area contributed by atoms with Gasteiger partial charge in [0.2, 0.25) is 0 Å². The molecule has 0 bridgehead atoms. The number of hydrogen-bond acceptors (Lipinski definition) is 3. The van der Waals surface area contributed by atoms with Crippen LogP contribution in [0.15, 0.2) is 16.5 Å². The van der Waals surface area contributed by atoms with Crippen LogP contribution in [0.25, 0.3) is 0 Å². The first-order valence-corrected chi connectivity index (χ1v) is 6.41. The maximum Gasteiger partial charge on any atom is 0.185 e. The maximum absolute atomic E-state index is 10.5. The Labute approximate surface area is 103 Å². The van der Waals surface area contributed by atoms with Gasteiger partial charge in [-0.25, -0.2) is 0 Å². The second-order valence-electron chi connectivity index (χ2n) is 5.36. The Morgan fingerprint density at radius 3 is 2.65 bits per heavy atom. The lowest BCUT2D eigenvalue weighted by Gasteiger charge is -2.38. The molecular weight excluding hydrogens is 214 g/mol. The Morgan fingerprint density at radius 1 is 1.41 bits per heavy atom. The fourth-order valence-electron chi connectivity index (χ4n) is 2.37. The molecule has 1 fully saturated rings. The minimum Gasteiger partial charge on any atom is -0.457 e. The molecule has 3 heteroatoms. The molecule has 0 radical (unpaired) electrons. The number of rotatable bonds is 4. The van der Waals surface area contributed by atoms with E-state index in [-0.39, 0.29) is 0 Å². The summed E-state index contributed by atoms with van der Waals surface area (Å²) in [6.07, 6.45) is 4.53. The van der Waals surface area contributed by atoms with Crippen LogP contribution in [-0.2, 0) is 6.54 Å². The van der Waals surface area contributed by atoms with E-state index in [9.17, 15) is 4.79 Å². The van der Waals surface area contributed by atoms with Crippen LogP contribution in [-0.4, -0.2) is 24.3 Å². The Hall–Kier alpha value is -1.09. The van der Waals surface area contributed by atoms with Gasteiger partial charge in [0.25, 0.3) is 0 Å². The van der Waals surface area contributed by atoms with Crippen molar-refractivity contribution < 1.29 is 9.21 Å². The van der Waals surface area contributed by atoms with Crippen molar-refractivity contribution in [1.29, 1.82) is 0 Å². The number of nitrogens with zero attached hydrogens (tertiary/aromatic N) is 1. The molecule has 0 saturated carbocycles. The molecule has 0 atom stereocenters. The zero-order valence-corrected chi connectivity index (χ0v) is 10.7. The second kappa shape index (κ2) is 5.05. The van der Waals surface area contributed by atoms with Gasteiger partial charge in [0, 0.05) is 0 Å². The molecule has 0 amide bonds. The van der Waals surface area contributed by atoms with Gasteiger partial charge in [-0.2, -0.15) is 0 Å². The Kier molecular flexibility index (Phi) is 3.67. The van der Waals surface area contributed by atoms with E-state index >= 15 is 0 Å². The van der Waals surface area contributed by atoms with E-state index in [1.807, 2.05) is 6.07 Å². The first-order valence-electron chi connectivity index (χ1n) is 6.41. The van der Waals surface area contributed by atoms with Crippen LogP contribution < -0.4 is 0 Å². The fourth-order valence-corrected chi connectivity index (χ4v) is 2.37. The van der Waals surface area contributed by atoms with E-state index in [1.54, 1.807) is 6.07 Å². The van der Waals surface area contributed by atoms with Crippen molar-refractivity contribution in [2.24, 2.45) is 5.41 Å². The van der Waals surface area contributed by atoms with E-state index in [2.05, 4.69) is 18.7 Å². The van der Waals surface area contributed by atoms with Crippen LogP contribution in [0.5, 0.6) is 0 Å². The summed E-state index contributed by atoms with van der Waals surface area (Å²) in [6.45, 7) is 7.73. The highest BCUT2D eigenvalue weighted by Crippen LogP contribution is 2.34. The highest BCUT2D eigenvalue weighted by Gasteiger charge is 2.28. The molecule has 0 aliphatic carbocycles. The lowest BCUT2D eigenvalue weighted by atomic mass is 9.78. The quantitative estimate of drug-likeness (QED) is 0.752. The van der Waals surface area contributed by atoms with Gasteiger partial charge in [0.05, 0.1) is 6.54 Å². The van der Waals surface area contributed by atoms with Crippen molar-refractivity contribution in [3.63, 3.8) is 0 Å². The number of likely N-dealkylation sites (tertiary alicyclic amines) is 1. The lowest BCUT2D eigenvalue weighted by Crippen LogP contribution is -2.37. The number of piperidine rings is 1. The normalized spacial score (nSPS) is 20.4. The first kappa shape index (κ1) is 12.4. The van der Waals surface area contributed by atoms with Crippen LogP contribution in [0.3, 0.4) is 0 Å². The monoisotopic (exact) mass is 235 g/mol. The van der Waals surface area contributed by atoms with Gasteiger partial charge in [-0.05, 0) is 43.5 Å². The Morgan fingerprint density at radius 2 is 2.12 bits per heavy atom. The molecule has 0 N–H and O–H groups in total. The van der Waals surface area contributed by atoms with Gasteiger partial charge in [-0.1, -0.05) is 20.3 Å². The third kappa shape index (κ3) is 2.97. The standard InChI is InChI=1S/C14H21NO2/c1-3-14(2)6-8-15(9-7-14)10-12-4-5-13(11-16)17-12/h4-5,11H,3,6-10H2,1-2H3. The number of hydrogen-bond donors (Lipinski definition) is 0. The molecule has 2 heterocycles. The third-order valence-electron chi connectivity index (χ3n) is 4.09. The predicted molar refractivity (Wildman–Crippen MR) is 67.0 cm³/mol. The average molecular weight is 235 g/mol. The summed E-state index contributed by atoms with van der Waals surface area (Å²) in [5.41, 5.74) is 0.521. The largest absolute Gasteiger partial charge is 0.457 e. The molecule has 0 aromatic carbocycles. The highest BCUT2D eigenvalue weighted by molar-refractivity contribution is 5.70. The first-order chi connectivity index (χ1) is 8.15. The number of aldehydes is 1. The van der Waals surface area contributed by atoms with Crippen LogP contribution in [0.1, 0.15) is 49.4 Å². The molecule has 0 unspecified atom stereocenters. The molecule has 1 aliphatic heterocycles. The number of furan rings is 1. The van der Waals surface area contributed by atoms with Crippen LogP contribution in [0.4, 0.5) is 0 Å². The van der Waals surface area contributed by atoms with Gasteiger partial charge in [-0.3, -0.25) is 9.69 Å². The fraction of sp³-hybridized carbons (Fsp3) is 0.643. The van der Waals surface area contributed by atoms with E-state index in [4.69, 9.17) is 4.42 Å². The van der Waals surface area contributed by atoms with Crippen molar-refractivity contribution in [1.82, 2.24) is 4.90 Å². The van der Waals surface area contributed by atoms with Crippen molar-refractivity contribution in [2.45, 2.75) is 39.7 Å². The van der Waals surface area contributed by atoms with Gasteiger partial charge in [-0.15, -0.1) is 0 Å². The maximum atomic E-state index is 10.5. The van der Waals surface area contributed by atoms with Crippen molar-refractivity contribution in [2.75, 3.05) is 13.1 Å². The lowest BCUT2D eigenvalue weighted by molar-refractivity contribution is 0.102. The molecular formula is C14H21NO2. The molecule has 1 aromatic heterocycles. The summed E-state index contributed by atoms with van der Waals surface area (Å²) < 4.78 is 5.40. The SMILES string of the molecule is CCC1(C)CCN(Cc2ccc(C=O)o2)CC1. The average Bonchev–Trinajstić information content (AvgIpc) is 2.80. The summed E-state index contributed by atoms with van der Waals surface area (Å²) in [4.78, 5) is 12.9. The summed E-state index contributed by atoms with van der Waals surface area (Å²) >= 11 is 0. The number of carbonyl (C=O) groups is 1. The minimum atomic E-state index is 0.426. The molecule has 17 heavy (non-hydrogen) atoms. The zero-order valence-electron chi connectivity index (χ0n) is 10.7. The van der Waals surface area contributed by atoms with E-state index in [1.165, 1.54) is 19.3 Å². The topological polar surface area (TPSA) is 33.5 Å². The predicted octanol–water partition coefficient (Wildman–Crippen LogP) is 3.10. The summed E-state index contributed by atoms with van der Waals surface area (Å²) in [7, 11) is 0. The molecule has 1 saturated heterocycles. The van der Waals surface area contributed by atoms with E-state index in [0.717, 1.165) is 31.7 Å². The van der Waals surface area contributed by atoms with E-state index in [0.29, 0.717) is 11.2 Å². The smallest absolute Gasteiger partial charge is 0.185 e. The second-order valence-corrected chi connectivity index (χ2v) is 5.36. The van der Waals surface area contributed by atoms with Gasteiger partial charge in [0.1, 0.15) is 5.76 Å². The molecule has 94 valence electrons. The van der Waals surface area contributed by atoms with Gasteiger partial charge < -0.3 is 4.42 Å². The molecule has 0 spiro atoms. The van der Waals surface area contributed by atoms with Crippen molar-refractivity contribution in [3.8, 4) is 0 Å². The molecule has 3 nitrogen and oxygen atoms in total. The molecule has 1 aliphatic rings. The third-order valence-corrected chi connectivity index (χ3v) is 4.09. The van der Waals surface area contributed by atoms with Gasteiger partial charge >= 0.3 is 0 Å². The van der Waals surface area contributed by atoms with Crippen LogP contribution in [0, 0.1) is 5.41 Å². The summed E-state index contributed by atoms with van der Waals surface area (Å²) in [6, 6.07) is 3.64. The minimum absolute atomic E-state index is 0.426. The van der Waals surface area contributed by atoms with E-state index < -0.39 is 0 Å². The van der Waals surface area contributed by atoms with Crippen LogP contribution >= 0.6 is 0 Å². The van der Waals surface area contributed by atoms with Crippen LogP contribution in [0.2, 0.25) is 0 Å². The molecule has 1 aromatic rings. The van der Waals surface area contributed by atoms with Gasteiger partial charge in [0.15, 0.2) is 12.0 Å². The molecule has 2 rings (SSSR count). The highest BCUT2D eigenvalue weighted by atomic mass is 16.3. The van der Waals surface area contributed by atoms with Crippen molar-refractivity contribution >= 4 is 6.29 Å². The zero-order chi connectivity index (χ0) is 12.3. The van der Waals surface area contributed by atoms with Crippen molar-refractivity contribution in [3.05, 3.63) is 23.7 Å². The summed E-state index contributed by atoms with van der Waals surface area (Å²) in [5, 5.41) is 0. The number of carbonyl (C=O) groups excluding carboxylic acids is 1. The Bertz CT molecular complexity index is 375.